The molecule has 0 atom stereocenters. The van der Waals surface area contributed by atoms with Gasteiger partial charge in [0.2, 0.25) is 0 Å². The van der Waals surface area contributed by atoms with Gasteiger partial charge in [0.1, 0.15) is 0 Å². The molecule has 5 rings (SSSR count). The molecule has 0 radical (unpaired) electrons. The SMILES string of the molecule is O=c1c2c([nH]c3cc4c(=O)c5ccccc5[nH]c4cc13)C=CCC2. The van der Waals surface area contributed by atoms with Gasteiger partial charge in [-0.05, 0) is 43.2 Å². The molecule has 0 spiro atoms. The molecule has 2 aromatic carbocycles. The van der Waals surface area contributed by atoms with Crippen LogP contribution in [0.2, 0.25) is 0 Å². The maximum atomic E-state index is 12.8. The van der Waals surface area contributed by atoms with E-state index in [9.17, 15) is 9.59 Å². The second-order valence-electron chi connectivity index (χ2n) is 6.23. The number of hydrogen-bond donors (Lipinski definition) is 2. The van der Waals surface area contributed by atoms with Crippen LogP contribution >= 0.6 is 0 Å². The van der Waals surface area contributed by atoms with Crippen LogP contribution in [0.4, 0.5) is 0 Å². The number of rotatable bonds is 0. The van der Waals surface area contributed by atoms with Crippen molar-refractivity contribution >= 4 is 38.8 Å². The Hall–Kier alpha value is -3.14. The second kappa shape index (κ2) is 4.68. The summed E-state index contributed by atoms with van der Waals surface area (Å²) in [5.74, 6) is 0. The van der Waals surface area contributed by atoms with E-state index in [4.69, 9.17) is 0 Å². The van der Waals surface area contributed by atoms with Crippen LogP contribution in [0.1, 0.15) is 17.7 Å². The van der Waals surface area contributed by atoms with Crippen LogP contribution in [0.3, 0.4) is 0 Å². The fourth-order valence-corrected chi connectivity index (χ4v) is 3.59. The minimum absolute atomic E-state index is 0.0182. The normalized spacial score (nSPS) is 13.7. The predicted octanol–water partition coefficient (Wildman–Crippen LogP) is 3.48. The third-order valence-corrected chi connectivity index (χ3v) is 4.80. The Bertz CT molecular complexity index is 1290. The molecule has 0 aliphatic heterocycles. The number of fused-ring (bicyclic) bond motifs is 4. The van der Waals surface area contributed by atoms with Crippen molar-refractivity contribution < 1.29 is 0 Å². The molecule has 1 aliphatic carbocycles. The molecule has 116 valence electrons. The smallest absolute Gasteiger partial charge is 0.197 e. The maximum Gasteiger partial charge on any atom is 0.197 e. The first-order valence-electron chi connectivity index (χ1n) is 8.02. The Morgan fingerprint density at radius 2 is 1.54 bits per heavy atom. The van der Waals surface area contributed by atoms with E-state index in [2.05, 4.69) is 16.0 Å². The van der Waals surface area contributed by atoms with Crippen molar-refractivity contribution in [3.8, 4) is 0 Å². The van der Waals surface area contributed by atoms with Crippen molar-refractivity contribution in [2.75, 3.05) is 0 Å². The van der Waals surface area contributed by atoms with E-state index < -0.39 is 0 Å². The zero-order chi connectivity index (χ0) is 16.3. The zero-order valence-corrected chi connectivity index (χ0v) is 12.8. The van der Waals surface area contributed by atoms with Gasteiger partial charge in [0.25, 0.3) is 0 Å². The fourth-order valence-electron chi connectivity index (χ4n) is 3.59. The average Bonchev–Trinajstić information content (AvgIpc) is 2.62. The molecule has 0 amide bonds. The molecule has 4 nitrogen and oxygen atoms in total. The third kappa shape index (κ3) is 1.74. The number of allylic oxidation sites excluding steroid dienone is 1. The van der Waals surface area contributed by atoms with E-state index in [1.165, 1.54) is 0 Å². The summed E-state index contributed by atoms with van der Waals surface area (Å²) in [6.07, 6.45) is 5.65. The Kier molecular flexibility index (Phi) is 2.59. The summed E-state index contributed by atoms with van der Waals surface area (Å²) in [6.45, 7) is 0. The lowest BCUT2D eigenvalue weighted by molar-refractivity contribution is 0.961. The highest BCUT2D eigenvalue weighted by Crippen LogP contribution is 2.22. The predicted molar refractivity (Wildman–Crippen MR) is 97.6 cm³/mol. The lowest BCUT2D eigenvalue weighted by Gasteiger charge is -2.12. The summed E-state index contributed by atoms with van der Waals surface area (Å²) in [4.78, 5) is 32.2. The monoisotopic (exact) mass is 314 g/mol. The van der Waals surface area contributed by atoms with Gasteiger partial charge >= 0.3 is 0 Å². The highest BCUT2D eigenvalue weighted by molar-refractivity contribution is 6.00. The van der Waals surface area contributed by atoms with Gasteiger partial charge in [-0.3, -0.25) is 9.59 Å². The molecule has 0 saturated heterocycles. The lowest BCUT2D eigenvalue weighted by Crippen LogP contribution is -2.15. The van der Waals surface area contributed by atoms with E-state index in [0.717, 1.165) is 29.6 Å². The van der Waals surface area contributed by atoms with Crippen LogP contribution in [-0.2, 0) is 6.42 Å². The van der Waals surface area contributed by atoms with Crippen LogP contribution in [0, 0.1) is 0 Å². The van der Waals surface area contributed by atoms with Gasteiger partial charge in [0, 0.05) is 32.9 Å². The maximum absolute atomic E-state index is 12.8. The van der Waals surface area contributed by atoms with Gasteiger partial charge in [-0.1, -0.05) is 18.2 Å². The van der Waals surface area contributed by atoms with Gasteiger partial charge in [-0.15, -0.1) is 0 Å². The Labute approximate surface area is 136 Å². The summed E-state index contributed by atoms with van der Waals surface area (Å²) in [5.41, 5.74) is 3.91. The Balaban J connectivity index is 1.99. The van der Waals surface area contributed by atoms with Crippen molar-refractivity contribution in [2.45, 2.75) is 12.8 Å². The molecule has 0 fully saturated rings. The number of benzene rings is 2. The molecule has 0 unspecified atom stereocenters. The first-order valence-corrected chi connectivity index (χ1v) is 8.02. The summed E-state index contributed by atoms with van der Waals surface area (Å²) in [7, 11) is 0. The van der Waals surface area contributed by atoms with Crippen molar-refractivity contribution in [1.82, 2.24) is 9.97 Å². The van der Waals surface area contributed by atoms with Gasteiger partial charge in [-0.2, -0.15) is 0 Å². The molecule has 2 aromatic heterocycles. The van der Waals surface area contributed by atoms with Crippen LogP contribution < -0.4 is 10.9 Å². The largest absolute Gasteiger partial charge is 0.355 e. The van der Waals surface area contributed by atoms with E-state index in [1.54, 1.807) is 12.1 Å². The Morgan fingerprint density at radius 3 is 2.42 bits per heavy atom. The average molecular weight is 314 g/mol. The zero-order valence-electron chi connectivity index (χ0n) is 12.8. The van der Waals surface area contributed by atoms with Crippen molar-refractivity contribution in [1.29, 1.82) is 0 Å². The number of aromatic amines is 2. The van der Waals surface area contributed by atoms with Crippen molar-refractivity contribution in [2.24, 2.45) is 0 Å². The molecule has 1 aliphatic rings. The second-order valence-corrected chi connectivity index (χ2v) is 6.23. The van der Waals surface area contributed by atoms with Gasteiger partial charge < -0.3 is 9.97 Å². The summed E-state index contributed by atoms with van der Waals surface area (Å²) >= 11 is 0. The molecule has 4 heteroatoms. The van der Waals surface area contributed by atoms with Crippen molar-refractivity contribution in [3.05, 3.63) is 74.2 Å². The molecule has 0 saturated carbocycles. The number of pyridine rings is 2. The molecule has 2 N–H and O–H groups in total. The standard InChI is InChI=1S/C20H14N2O2/c23-19-11-5-1-3-7-15(11)21-17-10-14-18(9-13(17)19)22-16-8-4-2-6-12(16)20(14)24/h1,3-5,7-10H,2,6H2,(H,21,23)(H,22,24). The van der Waals surface area contributed by atoms with Gasteiger partial charge in [0.05, 0.1) is 11.0 Å². The minimum atomic E-state index is -0.0182. The lowest BCUT2D eigenvalue weighted by atomic mass is 9.98. The number of para-hydroxylation sites is 1. The first-order chi connectivity index (χ1) is 11.7. The molecular formula is C20H14N2O2. The molecule has 4 aromatic rings. The number of aromatic nitrogens is 2. The van der Waals surface area contributed by atoms with Gasteiger partial charge in [0.15, 0.2) is 10.9 Å². The van der Waals surface area contributed by atoms with E-state index in [1.807, 2.05) is 30.3 Å². The van der Waals surface area contributed by atoms with E-state index in [0.29, 0.717) is 27.2 Å². The molecule has 24 heavy (non-hydrogen) atoms. The number of nitrogens with one attached hydrogen (secondary N) is 2. The van der Waals surface area contributed by atoms with Crippen LogP contribution in [0.25, 0.3) is 38.8 Å². The van der Waals surface area contributed by atoms with Crippen molar-refractivity contribution in [3.63, 3.8) is 0 Å². The highest BCUT2D eigenvalue weighted by atomic mass is 16.1. The first kappa shape index (κ1) is 13.3. The topological polar surface area (TPSA) is 65.7 Å². The van der Waals surface area contributed by atoms with Gasteiger partial charge in [-0.25, -0.2) is 0 Å². The Morgan fingerprint density at radius 1 is 0.792 bits per heavy atom. The molecule has 2 heterocycles. The van der Waals surface area contributed by atoms with Crippen LogP contribution in [-0.4, -0.2) is 9.97 Å². The number of hydrogen-bond acceptors (Lipinski definition) is 2. The highest BCUT2D eigenvalue weighted by Gasteiger charge is 2.14. The molecule has 0 bridgehead atoms. The summed E-state index contributed by atoms with van der Waals surface area (Å²) < 4.78 is 0. The fraction of sp³-hybridized carbons (Fsp3) is 0.100. The summed E-state index contributed by atoms with van der Waals surface area (Å²) in [6, 6.07) is 11.0. The summed E-state index contributed by atoms with van der Waals surface area (Å²) in [5, 5.41) is 1.88. The third-order valence-electron chi connectivity index (χ3n) is 4.80. The van der Waals surface area contributed by atoms with Crippen LogP contribution in [0.5, 0.6) is 0 Å². The van der Waals surface area contributed by atoms with E-state index >= 15 is 0 Å². The van der Waals surface area contributed by atoms with E-state index in [-0.39, 0.29) is 10.9 Å². The quantitative estimate of drug-likeness (QED) is 0.488. The van der Waals surface area contributed by atoms with Crippen LogP contribution in [0.15, 0.2) is 52.1 Å². The minimum Gasteiger partial charge on any atom is -0.355 e. The molecular weight excluding hydrogens is 300 g/mol. The number of H-pyrrole nitrogens is 2.